The maximum absolute atomic E-state index is 13.1. The number of piperazine rings is 1. The highest BCUT2D eigenvalue weighted by atomic mass is 19.1. The van der Waals surface area contributed by atoms with Gasteiger partial charge in [0.15, 0.2) is 0 Å². The number of carbonyl (C=O) groups is 2. The van der Waals surface area contributed by atoms with Crippen molar-refractivity contribution in [2.45, 2.75) is 18.9 Å². The van der Waals surface area contributed by atoms with Gasteiger partial charge in [0.1, 0.15) is 5.82 Å². The van der Waals surface area contributed by atoms with Crippen molar-refractivity contribution in [1.82, 2.24) is 15.1 Å². The van der Waals surface area contributed by atoms with Crippen molar-refractivity contribution < 1.29 is 14.0 Å². The number of nitrogens with one attached hydrogen (secondary N) is 2. The van der Waals surface area contributed by atoms with Crippen molar-refractivity contribution in [1.29, 1.82) is 0 Å². The van der Waals surface area contributed by atoms with Crippen molar-refractivity contribution >= 4 is 23.2 Å². The van der Waals surface area contributed by atoms with Crippen LogP contribution in [0.15, 0.2) is 42.5 Å². The molecular weight excluding hydrogens is 421 g/mol. The van der Waals surface area contributed by atoms with E-state index in [0.717, 1.165) is 51.1 Å². The summed E-state index contributed by atoms with van der Waals surface area (Å²) in [6, 6.07) is 11.9. The number of fused-ring (bicyclic) bond motifs is 1. The molecule has 2 amide bonds. The number of likely N-dealkylation sites (N-methyl/N-ethyl adjacent to an activating group) is 1. The fourth-order valence-electron chi connectivity index (χ4n) is 4.59. The third-order valence-electron chi connectivity index (χ3n) is 6.58. The molecule has 0 saturated carbocycles. The van der Waals surface area contributed by atoms with E-state index in [2.05, 4.69) is 57.6 Å². The van der Waals surface area contributed by atoms with Gasteiger partial charge in [0, 0.05) is 57.7 Å². The Labute approximate surface area is 194 Å². The van der Waals surface area contributed by atoms with Crippen molar-refractivity contribution in [2.75, 3.05) is 63.6 Å². The Balaban J connectivity index is 1.46. The smallest absolute Gasteiger partial charge is 0.313 e. The molecule has 2 aromatic rings. The molecule has 0 aromatic heterocycles. The van der Waals surface area contributed by atoms with Crippen LogP contribution in [0.3, 0.4) is 0 Å². The number of anilines is 2. The number of hydrogen-bond donors (Lipinski definition) is 2. The van der Waals surface area contributed by atoms with Gasteiger partial charge in [0.05, 0.1) is 6.04 Å². The fraction of sp³-hybridized carbons (Fsp3) is 0.440. The Kier molecular flexibility index (Phi) is 7.25. The highest BCUT2D eigenvalue weighted by Gasteiger charge is 2.27. The SMILES string of the molecule is CN1CCN(C(CNC(=O)C(=O)Nc2ccc(F)cc2)c2ccc3c(c2)CCCN3C)CC1. The number of rotatable bonds is 5. The lowest BCUT2D eigenvalue weighted by Crippen LogP contribution is -2.49. The molecule has 33 heavy (non-hydrogen) atoms. The maximum atomic E-state index is 13.1. The molecule has 2 N–H and O–H groups in total. The van der Waals surface area contributed by atoms with Crippen molar-refractivity contribution in [3.05, 3.63) is 59.4 Å². The molecule has 176 valence electrons. The van der Waals surface area contributed by atoms with Crippen LogP contribution in [0.4, 0.5) is 15.8 Å². The Morgan fingerprint density at radius 3 is 2.42 bits per heavy atom. The average Bonchev–Trinajstić information content (AvgIpc) is 2.81. The summed E-state index contributed by atoms with van der Waals surface area (Å²) in [6.45, 7) is 5.12. The predicted octanol–water partition coefficient (Wildman–Crippen LogP) is 2.25. The fourth-order valence-corrected chi connectivity index (χ4v) is 4.59. The zero-order chi connectivity index (χ0) is 23.4. The number of benzene rings is 2. The molecular formula is C25H32FN5O2. The molecule has 1 atom stereocenters. The molecule has 8 heteroatoms. The van der Waals surface area contributed by atoms with Crippen LogP contribution >= 0.6 is 0 Å². The van der Waals surface area contributed by atoms with E-state index in [4.69, 9.17) is 0 Å². The molecule has 7 nitrogen and oxygen atoms in total. The zero-order valence-electron chi connectivity index (χ0n) is 19.3. The summed E-state index contributed by atoms with van der Waals surface area (Å²) in [7, 11) is 4.23. The first-order valence-corrected chi connectivity index (χ1v) is 11.5. The summed E-state index contributed by atoms with van der Waals surface area (Å²) in [6.07, 6.45) is 2.18. The van der Waals surface area contributed by atoms with Crippen LogP contribution in [0.1, 0.15) is 23.6 Å². The summed E-state index contributed by atoms with van der Waals surface area (Å²) in [5.41, 5.74) is 4.14. The van der Waals surface area contributed by atoms with Crippen LogP contribution in [0.25, 0.3) is 0 Å². The van der Waals surface area contributed by atoms with Crippen LogP contribution < -0.4 is 15.5 Å². The first-order valence-electron chi connectivity index (χ1n) is 11.5. The number of carbonyl (C=O) groups excluding carboxylic acids is 2. The molecule has 0 bridgehead atoms. The molecule has 2 aliphatic heterocycles. The quantitative estimate of drug-likeness (QED) is 0.680. The lowest BCUT2D eigenvalue weighted by molar-refractivity contribution is -0.136. The molecule has 1 unspecified atom stereocenters. The van der Waals surface area contributed by atoms with E-state index in [1.807, 2.05) is 0 Å². The minimum absolute atomic E-state index is 0.0150. The maximum Gasteiger partial charge on any atom is 0.313 e. The van der Waals surface area contributed by atoms with E-state index in [-0.39, 0.29) is 6.04 Å². The second-order valence-electron chi connectivity index (χ2n) is 8.94. The average molecular weight is 454 g/mol. The Morgan fingerprint density at radius 1 is 0.970 bits per heavy atom. The molecule has 1 saturated heterocycles. The van der Waals surface area contributed by atoms with E-state index in [0.29, 0.717) is 12.2 Å². The molecule has 2 aromatic carbocycles. The number of halogens is 1. The summed E-state index contributed by atoms with van der Waals surface area (Å²) < 4.78 is 13.1. The van der Waals surface area contributed by atoms with Gasteiger partial charge >= 0.3 is 11.8 Å². The lowest BCUT2D eigenvalue weighted by Gasteiger charge is -2.39. The van der Waals surface area contributed by atoms with Crippen LogP contribution in [-0.2, 0) is 16.0 Å². The lowest BCUT2D eigenvalue weighted by atomic mass is 9.95. The molecule has 4 rings (SSSR count). The van der Waals surface area contributed by atoms with E-state index >= 15 is 0 Å². The van der Waals surface area contributed by atoms with Gasteiger partial charge in [0.25, 0.3) is 0 Å². The molecule has 0 radical (unpaired) electrons. The number of hydrogen-bond acceptors (Lipinski definition) is 5. The van der Waals surface area contributed by atoms with Crippen LogP contribution in [0.2, 0.25) is 0 Å². The number of amides is 2. The molecule has 2 aliphatic rings. The number of aryl methyl sites for hydroxylation is 1. The zero-order valence-corrected chi connectivity index (χ0v) is 19.3. The largest absolute Gasteiger partial charge is 0.374 e. The topological polar surface area (TPSA) is 67.9 Å². The van der Waals surface area contributed by atoms with Gasteiger partial charge in [-0.15, -0.1) is 0 Å². The minimum Gasteiger partial charge on any atom is -0.374 e. The van der Waals surface area contributed by atoms with Crippen LogP contribution in [0.5, 0.6) is 0 Å². The van der Waals surface area contributed by atoms with Gasteiger partial charge in [-0.25, -0.2) is 4.39 Å². The second kappa shape index (κ2) is 10.3. The summed E-state index contributed by atoms with van der Waals surface area (Å²) in [5, 5.41) is 5.34. The monoisotopic (exact) mass is 453 g/mol. The normalized spacial score (nSPS) is 17.8. The van der Waals surface area contributed by atoms with Gasteiger partial charge < -0.3 is 20.4 Å². The highest BCUT2D eigenvalue weighted by Crippen LogP contribution is 2.31. The predicted molar refractivity (Wildman–Crippen MR) is 128 cm³/mol. The highest BCUT2D eigenvalue weighted by molar-refractivity contribution is 6.39. The third kappa shape index (κ3) is 5.69. The Bertz CT molecular complexity index is 989. The van der Waals surface area contributed by atoms with Gasteiger partial charge in [-0.2, -0.15) is 0 Å². The van der Waals surface area contributed by atoms with Crippen LogP contribution in [0, 0.1) is 5.82 Å². The van der Waals surface area contributed by atoms with Crippen LogP contribution in [-0.4, -0.2) is 75.0 Å². The first-order chi connectivity index (χ1) is 15.9. The molecule has 1 fully saturated rings. The second-order valence-corrected chi connectivity index (χ2v) is 8.94. The molecule has 0 spiro atoms. The van der Waals surface area contributed by atoms with Gasteiger partial charge in [0.2, 0.25) is 0 Å². The van der Waals surface area contributed by atoms with E-state index in [9.17, 15) is 14.0 Å². The van der Waals surface area contributed by atoms with Crippen molar-refractivity contribution in [2.24, 2.45) is 0 Å². The van der Waals surface area contributed by atoms with Gasteiger partial charge in [-0.3, -0.25) is 14.5 Å². The Hall–Kier alpha value is -2.97. The summed E-state index contributed by atoms with van der Waals surface area (Å²) in [5.74, 6) is -1.86. The van der Waals surface area contributed by atoms with Crippen molar-refractivity contribution in [3.63, 3.8) is 0 Å². The first kappa shape index (κ1) is 23.2. The molecule has 0 aliphatic carbocycles. The van der Waals surface area contributed by atoms with E-state index in [1.165, 1.54) is 35.5 Å². The van der Waals surface area contributed by atoms with E-state index in [1.54, 1.807) is 0 Å². The Morgan fingerprint density at radius 2 is 1.70 bits per heavy atom. The van der Waals surface area contributed by atoms with E-state index < -0.39 is 17.6 Å². The minimum atomic E-state index is -0.759. The third-order valence-corrected chi connectivity index (χ3v) is 6.58. The van der Waals surface area contributed by atoms with Crippen molar-refractivity contribution in [3.8, 4) is 0 Å². The van der Waals surface area contributed by atoms with Gasteiger partial charge in [-0.1, -0.05) is 12.1 Å². The standard InChI is InChI=1S/C25H32FN5O2/c1-29-12-14-31(15-13-29)23(19-5-10-22-18(16-19)4-3-11-30(22)2)17-27-24(32)25(33)28-21-8-6-20(26)7-9-21/h5-10,16,23H,3-4,11-15,17H2,1-2H3,(H,27,32)(H,28,33). The number of nitrogens with zero attached hydrogens (tertiary/aromatic N) is 3. The summed E-state index contributed by atoms with van der Waals surface area (Å²) in [4.78, 5) is 31.8. The summed E-state index contributed by atoms with van der Waals surface area (Å²) >= 11 is 0. The molecule has 2 heterocycles. The van der Waals surface area contributed by atoms with Gasteiger partial charge in [-0.05, 0) is 61.3 Å².